The fourth-order valence-electron chi connectivity index (χ4n) is 2.60. The zero-order valence-electron chi connectivity index (χ0n) is 15.0. The second-order valence-corrected chi connectivity index (χ2v) is 8.99. The Kier molecular flexibility index (Phi) is 5.62. The minimum Gasteiger partial charge on any atom is -0.345 e. The zero-order valence-corrected chi connectivity index (χ0v) is 16.6. The molecular weight excluding hydrogens is 380 g/mol. The summed E-state index contributed by atoms with van der Waals surface area (Å²) in [5, 5.41) is 4.88. The second kappa shape index (κ2) is 7.94. The molecule has 27 heavy (non-hydrogen) atoms. The molecule has 2 aromatic carbocycles. The smallest absolute Gasteiger partial charge is 0.264 e. The van der Waals surface area contributed by atoms with E-state index in [-0.39, 0.29) is 16.8 Å². The number of sulfonamides is 1. The Balaban J connectivity index is 1.75. The van der Waals surface area contributed by atoms with E-state index in [9.17, 15) is 13.2 Å². The summed E-state index contributed by atoms with van der Waals surface area (Å²) in [6.45, 7) is 1.91. The first-order valence-electron chi connectivity index (χ1n) is 8.38. The molecule has 7 heteroatoms. The van der Waals surface area contributed by atoms with Gasteiger partial charge >= 0.3 is 0 Å². The SMILES string of the molecule is C[C@@H](NC(=O)c1ccc(S(=O)(=O)N(C)c2ccccc2)cc1)c1cccs1. The minimum absolute atomic E-state index is 0.106. The molecule has 5 nitrogen and oxygen atoms in total. The van der Waals surface area contributed by atoms with E-state index in [2.05, 4.69) is 5.32 Å². The maximum atomic E-state index is 12.8. The summed E-state index contributed by atoms with van der Waals surface area (Å²) in [5.41, 5.74) is 0.990. The maximum Gasteiger partial charge on any atom is 0.264 e. The molecule has 0 spiro atoms. The fourth-order valence-corrected chi connectivity index (χ4v) is 4.53. The summed E-state index contributed by atoms with van der Waals surface area (Å²) in [5.74, 6) is -0.240. The first-order valence-corrected chi connectivity index (χ1v) is 10.7. The molecular formula is C20H20N2O3S2. The van der Waals surface area contributed by atoms with Crippen LogP contribution >= 0.6 is 11.3 Å². The minimum atomic E-state index is -3.69. The molecule has 0 unspecified atom stereocenters. The first kappa shape index (κ1) is 19.1. The Bertz CT molecular complexity index is 999. The maximum absolute atomic E-state index is 12.8. The third-order valence-corrected chi connectivity index (χ3v) is 7.07. The lowest BCUT2D eigenvalue weighted by atomic mass is 10.2. The number of carbonyl (C=O) groups is 1. The van der Waals surface area contributed by atoms with E-state index in [1.807, 2.05) is 30.5 Å². The van der Waals surface area contributed by atoms with E-state index in [4.69, 9.17) is 0 Å². The van der Waals surface area contributed by atoms with Crippen LogP contribution in [-0.2, 0) is 10.0 Å². The van der Waals surface area contributed by atoms with Crippen molar-refractivity contribution in [2.75, 3.05) is 11.4 Å². The molecule has 0 aliphatic rings. The molecule has 0 aliphatic carbocycles. The van der Waals surface area contributed by atoms with Crippen LogP contribution in [0.4, 0.5) is 5.69 Å². The summed E-state index contributed by atoms with van der Waals surface area (Å²) >= 11 is 1.58. The van der Waals surface area contributed by atoms with E-state index in [1.54, 1.807) is 35.6 Å². The monoisotopic (exact) mass is 400 g/mol. The number of thiophene rings is 1. The van der Waals surface area contributed by atoms with Crippen molar-refractivity contribution in [1.29, 1.82) is 0 Å². The molecule has 1 N–H and O–H groups in total. The zero-order chi connectivity index (χ0) is 19.4. The lowest BCUT2D eigenvalue weighted by Gasteiger charge is -2.19. The molecule has 0 aliphatic heterocycles. The number of nitrogens with one attached hydrogen (secondary N) is 1. The van der Waals surface area contributed by atoms with Crippen molar-refractivity contribution in [2.45, 2.75) is 17.9 Å². The van der Waals surface area contributed by atoms with Gasteiger partial charge < -0.3 is 5.32 Å². The van der Waals surface area contributed by atoms with Gasteiger partial charge in [0.2, 0.25) is 0 Å². The highest BCUT2D eigenvalue weighted by Gasteiger charge is 2.21. The Morgan fingerprint density at radius 3 is 2.26 bits per heavy atom. The number of para-hydroxylation sites is 1. The Labute approximate surface area is 163 Å². The second-order valence-electron chi connectivity index (χ2n) is 6.04. The molecule has 1 atom stereocenters. The lowest BCUT2D eigenvalue weighted by molar-refractivity contribution is 0.0940. The summed E-state index contributed by atoms with van der Waals surface area (Å²) in [6, 6.07) is 18.6. The third kappa shape index (κ3) is 4.20. The van der Waals surface area contributed by atoms with Crippen molar-refractivity contribution in [3.63, 3.8) is 0 Å². The van der Waals surface area contributed by atoms with Crippen LogP contribution in [-0.4, -0.2) is 21.4 Å². The van der Waals surface area contributed by atoms with Crippen LogP contribution in [0.25, 0.3) is 0 Å². The van der Waals surface area contributed by atoms with Gasteiger partial charge in [-0.25, -0.2) is 8.42 Å². The van der Waals surface area contributed by atoms with Crippen molar-refractivity contribution in [3.8, 4) is 0 Å². The van der Waals surface area contributed by atoms with Crippen LogP contribution in [0.1, 0.15) is 28.2 Å². The number of amides is 1. The molecule has 3 aromatic rings. The van der Waals surface area contributed by atoms with Crippen molar-refractivity contribution in [1.82, 2.24) is 5.32 Å². The van der Waals surface area contributed by atoms with Crippen molar-refractivity contribution >= 4 is 33.0 Å². The number of carbonyl (C=O) groups excluding carboxylic acids is 1. The normalized spacial score (nSPS) is 12.4. The summed E-state index contributed by atoms with van der Waals surface area (Å²) in [7, 11) is -2.18. The van der Waals surface area contributed by atoms with E-state index in [0.717, 1.165) is 4.88 Å². The first-order chi connectivity index (χ1) is 12.9. The molecule has 1 amide bonds. The molecule has 1 heterocycles. The summed E-state index contributed by atoms with van der Waals surface area (Å²) in [4.78, 5) is 13.6. The summed E-state index contributed by atoms with van der Waals surface area (Å²) in [6.07, 6.45) is 0. The summed E-state index contributed by atoms with van der Waals surface area (Å²) < 4.78 is 26.8. The van der Waals surface area contributed by atoms with Crippen LogP contribution in [0.15, 0.2) is 77.0 Å². The van der Waals surface area contributed by atoms with Crippen LogP contribution in [0.3, 0.4) is 0 Å². The van der Waals surface area contributed by atoms with Crippen LogP contribution in [0.2, 0.25) is 0 Å². The Hall–Kier alpha value is -2.64. The molecule has 0 fully saturated rings. The van der Waals surface area contributed by atoms with Crippen LogP contribution in [0.5, 0.6) is 0 Å². The van der Waals surface area contributed by atoms with E-state index >= 15 is 0 Å². The molecule has 3 rings (SSSR count). The Morgan fingerprint density at radius 2 is 1.67 bits per heavy atom. The predicted molar refractivity (Wildman–Crippen MR) is 109 cm³/mol. The molecule has 140 valence electrons. The quantitative estimate of drug-likeness (QED) is 0.678. The van der Waals surface area contributed by atoms with Crippen molar-refractivity contribution in [2.24, 2.45) is 0 Å². The number of hydrogen-bond donors (Lipinski definition) is 1. The van der Waals surface area contributed by atoms with Gasteiger partial charge in [0.25, 0.3) is 15.9 Å². The van der Waals surface area contributed by atoms with E-state index in [1.165, 1.54) is 35.6 Å². The topological polar surface area (TPSA) is 66.5 Å². The number of rotatable bonds is 6. The highest BCUT2D eigenvalue weighted by molar-refractivity contribution is 7.92. The largest absolute Gasteiger partial charge is 0.345 e. The standard InChI is InChI=1S/C20H20N2O3S2/c1-15(19-9-6-14-26-19)21-20(23)16-10-12-18(13-11-16)27(24,25)22(2)17-7-4-3-5-8-17/h3-15H,1-2H3,(H,21,23)/t15-/m1/s1. The highest BCUT2D eigenvalue weighted by atomic mass is 32.2. The predicted octanol–water partition coefficient (Wildman–Crippen LogP) is 4.06. The van der Waals surface area contributed by atoms with Gasteiger partial charge in [-0.05, 0) is 54.8 Å². The van der Waals surface area contributed by atoms with E-state index < -0.39 is 10.0 Å². The van der Waals surface area contributed by atoms with Gasteiger partial charge in [0.15, 0.2) is 0 Å². The number of anilines is 1. The van der Waals surface area contributed by atoms with Gasteiger partial charge in [0, 0.05) is 17.5 Å². The molecule has 0 saturated heterocycles. The molecule has 0 bridgehead atoms. The van der Waals surface area contributed by atoms with Crippen LogP contribution < -0.4 is 9.62 Å². The Morgan fingerprint density at radius 1 is 1.00 bits per heavy atom. The fraction of sp³-hybridized carbons (Fsp3) is 0.150. The molecule has 0 radical (unpaired) electrons. The van der Waals surface area contributed by atoms with Gasteiger partial charge in [-0.15, -0.1) is 11.3 Å². The van der Waals surface area contributed by atoms with Crippen LogP contribution in [0, 0.1) is 0 Å². The van der Waals surface area contributed by atoms with Gasteiger partial charge in [-0.2, -0.15) is 0 Å². The van der Waals surface area contributed by atoms with E-state index in [0.29, 0.717) is 11.3 Å². The van der Waals surface area contributed by atoms with Gasteiger partial charge in [-0.1, -0.05) is 24.3 Å². The average Bonchev–Trinajstić information content (AvgIpc) is 3.23. The molecule has 1 aromatic heterocycles. The molecule has 0 saturated carbocycles. The average molecular weight is 401 g/mol. The lowest BCUT2D eigenvalue weighted by Crippen LogP contribution is -2.27. The van der Waals surface area contributed by atoms with Crippen molar-refractivity contribution < 1.29 is 13.2 Å². The van der Waals surface area contributed by atoms with Gasteiger partial charge in [0.05, 0.1) is 16.6 Å². The number of nitrogens with zero attached hydrogens (tertiary/aromatic N) is 1. The van der Waals surface area contributed by atoms with Crippen molar-refractivity contribution in [3.05, 3.63) is 82.6 Å². The van der Waals surface area contributed by atoms with Gasteiger partial charge in [-0.3, -0.25) is 9.10 Å². The number of benzene rings is 2. The van der Waals surface area contributed by atoms with Gasteiger partial charge in [0.1, 0.15) is 0 Å². The number of hydrogen-bond acceptors (Lipinski definition) is 4. The third-order valence-electron chi connectivity index (χ3n) is 4.21. The highest BCUT2D eigenvalue weighted by Crippen LogP contribution is 2.22.